The van der Waals surface area contributed by atoms with E-state index < -0.39 is 17.9 Å². The number of amides is 1. The molecule has 0 spiro atoms. The van der Waals surface area contributed by atoms with E-state index >= 15 is 0 Å². The predicted octanol–water partition coefficient (Wildman–Crippen LogP) is 2.63. The first-order valence-electron chi connectivity index (χ1n) is 7.77. The number of para-hydroxylation sites is 2. The van der Waals surface area contributed by atoms with E-state index in [9.17, 15) is 14.7 Å². The number of carboxylic acids is 1. The number of carbonyl (C=O) groups excluding carboxylic acids is 1. The van der Waals surface area contributed by atoms with Crippen molar-refractivity contribution in [2.45, 2.75) is 19.9 Å². The van der Waals surface area contributed by atoms with Crippen LogP contribution in [0.4, 0.5) is 0 Å². The molecular weight excluding hydrogens is 322 g/mol. The van der Waals surface area contributed by atoms with Gasteiger partial charge in [0.15, 0.2) is 24.1 Å². The zero-order valence-corrected chi connectivity index (χ0v) is 14.4. The Bertz CT molecular complexity index is 772. The number of hydrogen-bond donors (Lipinski definition) is 2. The summed E-state index contributed by atoms with van der Waals surface area (Å²) in [6, 6.07) is 11.1. The van der Waals surface area contributed by atoms with Crippen LogP contribution >= 0.6 is 0 Å². The van der Waals surface area contributed by atoms with Crippen LogP contribution in [0.2, 0.25) is 0 Å². The molecule has 0 saturated carbocycles. The fourth-order valence-corrected chi connectivity index (χ4v) is 2.32. The summed E-state index contributed by atoms with van der Waals surface area (Å²) < 4.78 is 10.6. The lowest BCUT2D eigenvalue weighted by Gasteiger charge is -2.17. The van der Waals surface area contributed by atoms with E-state index in [1.165, 1.54) is 7.11 Å². The number of ether oxygens (including phenoxy) is 2. The van der Waals surface area contributed by atoms with E-state index in [2.05, 4.69) is 5.32 Å². The molecule has 1 amide bonds. The minimum Gasteiger partial charge on any atom is -0.493 e. The van der Waals surface area contributed by atoms with Gasteiger partial charge in [0, 0.05) is 0 Å². The molecule has 0 aliphatic rings. The average Bonchev–Trinajstić information content (AvgIpc) is 2.60. The number of hydrogen-bond acceptors (Lipinski definition) is 4. The molecule has 1 atom stereocenters. The maximum atomic E-state index is 12.1. The van der Waals surface area contributed by atoms with E-state index in [1.54, 1.807) is 36.4 Å². The van der Waals surface area contributed by atoms with Crippen molar-refractivity contribution < 1.29 is 24.2 Å². The molecule has 6 nitrogen and oxygen atoms in total. The molecule has 0 saturated heterocycles. The standard InChI is InChI=1S/C19H21NO5/c1-12-8-9-14(10-13(12)2)18(19(22)23)20-17(21)11-25-16-7-5-4-6-15(16)24-3/h4-10,18H,11H2,1-3H3,(H,20,21)(H,22,23). The third-order valence-electron chi connectivity index (χ3n) is 3.84. The third kappa shape index (κ3) is 4.73. The molecule has 0 heterocycles. The van der Waals surface area contributed by atoms with Crippen LogP contribution in [0.1, 0.15) is 22.7 Å². The summed E-state index contributed by atoms with van der Waals surface area (Å²) >= 11 is 0. The van der Waals surface area contributed by atoms with Crippen molar-refractivity contribution in [2.75, 3.05) is 13.7 Å². The Hall–Kier alpha value is -3.02. The van der Waals surface area contributed by atoms with Gasteiger partial charge < -0.3 is 19.9 Å². The summed E-state index contributed by atoms with van der Waals surface area (Å²) in [6.07, 6.45) is 0. The first-order chi connectivity index (χ1) is 11.9. The van der Waals surface area contributed by atoms with Crippen molar-refractivity contribution in [3.63, 3.8) is 0 Å². The Morgan fingerprint density at radius 3 is 2.36 bits per heavy atom. The molecule has 2 rings (SSSR count). The topological polar surface area (TPSA) is 84.9 Å². The summed E-state index contributed by atoms with van der Waals surface area (Å²) in [5, 5.41) is 11.9. The number of methoxy groups -OCH3 is 1. The molecular formula is C19H21NO5. The van der Waals surface area contributed by atoms with Gasteiger partial charge in [-0.15, -0.1) is 0 Å². The number of aryl methyl sites for hydroxylation is 2. The SMILES string of the molecule is COc1ccccc1OCC(=O)NC(C(=O)O)c1ccc(C)c(C)c1. The van der Waals surface area contributed by atoms with E-state index in [-0.39, 0.29) is 6.61 Å². The van der Waals surface area contributed by atoms with Crippen molar-refractivity contribution in [1.82, 2.24) is 5.32 Å². The maximum absolute atomic E-state index is 12.1. The Balaban J connectivity index is 2.05. The quantitative estimate of drug-likeness (QED) is 0.807. The normalized spacial score (nSPS) is 11.5. The van der Waals surface area contributed by atoms with E-state index in [1.807, 2.05) is 19.9 Å². The van der Waals surface area contributed by atoms with Crippen molar-refractivity contribution in [3.05, 3.63) is 59.2 Å². The lowest BCUT2D eigenvalue weighted by Crippen LogP contribution is -2.36. The van der Waals surface area contributed by atoms with Gasteiger partial charge in [0.1, 0.15) is 0 Å². The van der Waals surface area contributed by atoms with Crippen LogP contribution in [-0.2, 0) is 9.59 Å². The van der Waals surface area contributed by atoms with Crippen LogP contribution in [0.25, 0.3) is 0 Å². The van der Waals surface area contributed by atoms with E-state index in [4.69, 9.17) is 9.47 Å². The molecule has 2 N–H and O–H groups in total. The number of rotatable bonds is 7. The predicted molar refractivity (Wildman–Crippen MR) is 92.9 cm³/mol. The molecule has 0 radical (unpaired) electrons. The first kappa shape index (κ1) is 18.3. The largest absolute Gasteiger partial charge is 0.493 e. The number of benzene rings is 2. The fraction of sp³-hybridized carbons (Fsp3) is 0.263. The number of carbonyl (C=O) groups is 2. The Morgan fingerprint density at radius 1 is 1.08 bits per heavy atom. The van der Waals surface area contributed by atoms with Gasteiger partial charge in [-0.2, -0.15) is 0 Å². The molecule has 1 unspecified atom stereocenters. The van der Waals surface area contributed by atoms with Crippen LogP contribution in [0, 0.1) is 13.8 Å². The fourth-order valence-electron chi connectivity index (χ4n) is 2.32. The molecule has 0 aliphatic heterocycles. The van der Waals surface area contributed by atoms with E-state index in [0.717, 1.165) is 11.1 Å². The molecule has 6 heteroatoms. The maximum Gasteiger partial charge on any atom is 0.330 e. The molecule has 2 aromatic carbocycles. The monoisotopic (exact) mass is 343 g/mol. The Morgan fingerprint density at radius 2 is 1.76 bits per heavy atom. The van der Waals surface area contributed by atoms with Gasteiger partial charge in [0.2, 0.25) is 0 Å². The zero-order chi connectivity index (χ0) is 18.4. The molecule has 132 valence electrons. The summed E-state index contributed by atoms with van der Waals surface area (Å²) in [5.41, 5.74) is 2.53. The molecule has 0 aromatic heterocycles. The van der Waals surface area contributed by atoms with E-state index in [0.29, 0.717) is 17.1 Å². The van der Waals surface area contributed by atoms with Gasteiger partial charge in [-0.1, -0.05) is 30.3 Å². The Kier molecular flexibility index (Phi) is 6.00. The summed E-state index contributed by atoms with van der Waals surface area (Å²) in [7, 11) is 1.50. The van der Waals surface area contributed by atoms with Gasteiger partial charge >= 0.3 is 5.97 Å². The van der Waals surface area contributed by atoms with Crippen LogP contribution in [0.5, 0.6) is 11.5 Å². The van der Waals surface area contributed by atoms with Crippen molar-refractivity contribution in [3.8, 4) is 11.5 Å². The van der Waals surface area contributed by atoms with Gasteiger partial charge in [0.25, 0.3) is 5.91 Å². The first-order valence-corrected chi connectivity index (χ1v) is 7.77. The summed E-state index contributed by atoms with van der Waals surface area (Å²) in [5.74, 6) is -0.747. The minimum absolute atomic E-state index is 0.311. The number of carboxylic acid groups (broad SMARTS) is 1. The summed E-state index contributed by atoms with van der Waals surface area (Å²) in [6.45, 7) is 3.52. The lowest BCUT2D eigenvalue weighted by atomic mass is 10.0. The zero-order valence-electron chi connectivity index (χ0n) is 14.4. The average molecular weight is 343 g/mol. The second kappa shape index (κ2) is 8.19. The van der Waals surface area contributed by atoms with Crippen LogP contribution in [0.3, 0.4) is 0 Å². The second-order valence-corrected chi connectivity index (χ2v) is 5.62. The third-order valence-corrected chi connectivity index (χ3v) is 3.84. The molecule has 2 aromatic rings. The van der Waals surface area contributed by atoms with Gasteiger partial charge in [-0.25, -0.2) is 4.79 Å². The minimum atomic E-state index is -1.13. The lowest BCUT2D eigenvalue weighted by molar-refractivity contribution is -0.142. The van der Waals surface area contributed by atoms with Crippen LogP contribution in [0.15, 0.2) is 42.5 Å². The highest BCUT2D eigenvalue weighted by Gasteiger charge is 2.22. The highest BCUT2D eigenvalue weighted by molar-refractivity contribution is 5.85. The van der Waals surface area contributed by atoms with Gasteiger partial charge in [-0.3, -0.25) is 4.79 Å². The summed E-state index contributed by atoms with van der Waals surface area (Å²) in [4.78, 5) is 23.6. The van der Waals surface area contributed by atoms with Crippen molar-refractivity contribution >= 4 is 11.9 Å². The van der Waals surface area contributed by atoms with Gasteiger partial charge in [0.05, 0.1) is 7.11 Å². The molecule has 25 heavy (non-hydrogen) atoms. The second-order valence-electron chi connectivity index (χ2n) is 5.62. The Labute approximate surface area is 146 Å². The number of aliphatic carboxylic acids is 1. The smallest absolute Gasteiger partial charge is 0.330 e. The van der Waals surface area contributed by atoms with Crippen LogP contribution < -0.4 is 14.8 Å². The molecule has 0 fully saturated rings. The highest BCUT2D eigenvalue weighted by Crippen LogP contribution is 2.25. The number of nitrogens with one attached hydrogen (secondary N) is 1. The highest BCUT2D eigenvalue weighted by atomic mass is 16.5. The molecule has 0 aliphatic carbocycles. The van der Waals surface area contributed by atoms with Crippen LogP contribution in [-0.4, -0.2) is 30.7 Å². The van der Waals surface area contributed by atoms with Gasteiger partial charge in [-0.05, 0) is 42.7 Å². The van der Waals surface area contributed by atoms with Crippen molar-refractivity contribution in [2.24, 2.45) is 0 Å². The van der Waals surface area contributed by atoms with Crippen molar-refractivity contribution in [1.29, 1.82) is 0 Å². The molecule has 0 bridgehead atoms.